The van der Waals surface area contributed by atoms with Gasteiger partial charge in [0.1, 0.15) is 13.6 Å². The van der Waals surface area contributed by atoms with Crippen molar-refractivity contribution in [2.24, 2.45) is 5.92 Å². The average molecular weight is 474 g/mol. The fourth-order valence-electron chi connectivity index (χ4n) is 5.61. The summed E-state index contributed by atoms with van der Waals surface area (Å²) in [4.78, 5) is 22.0. The van der Waals surface area contributed by atoms with E-state index in [-0.39, 0.29) is 0 Å². The van der Waals surface area contributed by atoms with E-state index in [4.69, 9.17) is 9.59 Å². The van der Waals surface area contributed by atoms with Gasteiger partial charge < -0.3 is 24.0 Å². The maximum atomic E-state index is 8.00. The Morgan fingerprint density at radius 2 is 1.51 bits per heavy atom. The van der Waals surface area contributed by atoms with E-state index in [0.29, 0.717) is 11.8 Å². The summed E-state index contributed by atoms with van der Waals surface area (Å²) < 4.78 is 2.52. The van der Waals surface area contributed by atoms with Crippen LogP contribution < -0.4 is 0 Å². The first kappa shape index (κ1) is 26.4. The van der Waals surface area contributed by atoms with Crippen LogP contribution in [0.2, 0.25) is 0 Å². The van der Waals surface area contributed by atoms with E-state index in [1.54, 1.807) is 5.56 Å². The van der Waals surface area contributed by atoms with Crippen molar-refractivity contribution >= 4 is 35.4 Å². The molecule has 186 valence electrons. The number of carbonyl (C=O) groups is 2. The molecule has 4 aromatic rings. The molecule has 0 amide bonds. The van der Waals surface area contributed by atoms with Gasteiger partial charge in [0, 0.05) is 60.2 Å². The highest BCUT2D eigenvalue weighted by atomic mass is 16.1. The lowest BCUT2D eigenvalue weighted by Gasteiger charge is -2.18. The largest absolute Gasteiger partial charge is 0.361 e. The Morgan fingerprint density at radius 3 is 2.23 bits per heavy atom. The van der Waals surface area contributed by atoms with E-state index < -0.39 is 0 Å². The van der Waals surface area contributed by atoms with Crippen LogP contribution in [0.1, 0.15) is 55.7 Å². The van der Waals surface area contributed by atoms with Crippen LogP contribution >= 0.6 is 0 Å². The fourth-order valence-corrected chi connectivity index (χ4v) is 5.61. The molecule has 2 atom stereocenters. The predicted octanol–water partition coefficient (Wildman–Crippen LogP) is 6.17. The Kier molecular flexibility index (Phi) is 9.05. The van der Waals surface area contributed by atoms with Crippen LogP contribution in [0.5, 0.6) is 0 Å². The van der Waals surface area contributed by atoms with Crippen molar-refractivity contribution in [1.82, 2.24) is 14.5 Å². The third kappa shape index (κ3) is 5.40. The van der Waals surface area contributed by atoms with E-state index in [2.05, 4.69) is 97.1 Å². The van der Waals surface area contributed by atoms with Crippen LogP contribution in [0, 0.1) is 5.92 Å². The van der Waals surface area contributed by atoms with Crippen LogP contribution in [-0.4, -0.2) is 48.2 Å². The van der Waals surface area contributed by atoms with Gasteiger partial charge in [-0.05, 0) is 48.6 Å². The Morgan fingerprint density at radius 1 is 0.886 bits per heavy atom. The Balaban J connectivity index is 0.000000385. The minimum Gasteiger partial charge on any atom is -0.361 e. The number of benzene rings is 2. The van der Waals surface area contributed by atoms with E-state index in [0.717, 1.165) is 25.6 Å². The molecule has 35 heavy (non-hydrogen) atoms. The molecule has 0 saturated carbocycles. The van der Waals surface area contributed by atoms with Gasteiger partial charge in [0.05, 0.1) is 5.52 Å². The molecule has 1 fully saturated rings. The monoisotopic (exact) mass is 473 g/mol. The maximum Gasteiger partial charge on any atom is 0.106 e. The lowest BCUT2D eigenvalue weighted by Crippen LogP contribution is -2.13. The number of hydrogen-bond acceptors (Lipinski definition) is 3. The first-order valence-electron chi connectivity index (χ1n) is 12.5. The molecule has 2 aliphatic rings. The molecule has 4 heterocycles. The second kappa shape index (κ2) is 12.0. The predicted molar refractivity (Wildman–Crippen MR) is 146 cm³/mol. The third-order valence-electron chi connectivity index (χ3n) is 6.78. The zero-order valence-corrected chi connectivity index (χ0v) is 21.6. The van der Waals surface area contributed by atoms with Crippen LogP contribution in [0.25, 0.3) is 21.8 Å². The summed E-state index contributed by atoms with van der Waals surface area (Å²) in [5.41, 5.74) is 7.30. The average Bonchev–Trinajstić information content (AvgIpc) is 3.57. The van der Waals surface area contributed by atoms with E-state index in [1.807, 2.05) is 13.6 Å². The zero-order chi connectivity index (χ0) is 25.5. The molecule has 2 aromatic carbocycles. The number of para-hydroxylation sites is 2. The normalized spacial score (nSPS) is 18.9. The number of H-pyrrole nitrogens is 1. The fraction of sp³-hybridized carbons (Fsp3) is 0.400. The number of likely N-dealkylation sites (tertiary alicyclic amines) is 1. The Labute approximate surface area is 209 Å². The van der Waals surface area contributed by atoms with Crippen molar-refractivity contribution in [2.75, 3.05) is 20.1 Å². The van der Waals surface area contributed by atoms with Crippen molar-refractivity contribution in [3.63, 3.8) is 0 Å². The summed E-state index contributed by atoms with van der Waals surface area (Å²) in [5.74, 6) is 1.92. The highest BCUT2D eigenvalue weighted by Crippen LogP contribution is 2.45. The molecule has 1 N–H and O–H groups in total. The molecule has 2 aromatic heterocycles. The van der Waals surface area contributed by atoms with Gasteiger partial charge in [0.2, 0.25) is 0 Å². The van der Waals surface area contributed by atoms with Gasteiger partial charge >= 0.3 is 0 Å². The lowest BCUT2D eigenvalue weighted by molar-refractivity contribution is -0.0987. The smallest absolute Gasteiger partial charge is 0.106 e. The molecule has 2 aliphatic heterocycles. The van der Waals surface area contributed by atoms with Gasteiger partial charge in [-0.15, -0.1) is 0 Å². The van der Waals surface area contributed by atoms with E-state index in [1.165, 1.54) is 45.8 Å². The molecule has 5 nitrogen and oxygen atoms in total. The van der Waals surface area contributed by atoms with Gasteiger partial charge in [-0.2, -0.15) is 0 Å². The van der Waals surface area contributed by atoms with Crippen molar-refractivity contribution in [3.05, 3.63) is 71.5 Å². The second-order valence-electron chi connectivity index (χ2n) is 10.2. The lowest BCUT2D eigenvalue weighted by atomic mass is 9.83. The highest BCUT2D eigenvalue weighted by Gasteiger charge is 2.36. The number of fused-ring (bicyclic) bond motifs is 1. The molecule has 6 rings (SSSR count). The third-order valence-corrected chi connectivity index (χ3v) is 6.78. The number of hydrogen-bond donors (Lipinski definition) is 1. The summed E-state index contributed by atoms with van der Waals surface area (Å²) in [7, 11) is 2.27. The number of aromatic amines is 1. The zero-order valence-electron chi connectivity index (χ0n) is 21.6. The van der Waals surface area contributed by atoms with E-state index >= 15 is 0 Å². The van der Waals surface area contributed by atoms with Gasteiger partial charge in [0.15, 0.2) is 0 Å². The molecule has 0 bridgehead atoms. The molecule has 5 heteroatoms. The topological polar surface area (TPSA) is 58.1 Å². The summed E-state index contributed by atoms with van der Waals surface area (Å²) in [6.07, 6.45) is 7.21. The standard InChI is InChI=1S/C24H25N3.C4H10.2CH2O/c1-26-13-20(19-12-25-23-10-3-2-8-17(19)23)21(14-26)22-15-27-11-5-7-16-6-4-9-18(22)24(16)27;1-4(2)3;2*1-2/h2-4,6,8-10,12,15,20-21,25H,5,7,11,13-14H2,1H3;4H,1-3H3;2*1H2/t20?,21-;;;/m1.../s1. The quantitative estimate of drug-likeness (QED) is 0.378. The number of rotatable bonds is 2. The molecule has 0 spiro atoms. The van der Waals surface area contributed by atoms with Crippen LogP contribution in [-0.2, 0) is 22.6 Å². The van der Waals surface area contributed by atoms with Crippen LogP contribution in [0.15, 0.2) is 54.9 Å². The molecule has 1 saturated heterocycles. The minimum atomic E-state index is 0.537. The molecular formula is C30H39N3O2. The van der Waals surface area contributed by atoms with Crippen molar-refractivity contribution in [2.45, 2.75) is 52.0 Å². The molecule has 0 radical (unpaired) electrons. The Bertz CT molecular complexity index is 1230. The molecular weight excluding hydrogens is 434 g/mol. The number of likely N-dealkylation sites (N-methyl/N-ethyl adjacent to an activating group) is 1. The number of carbonyl (C=O) groups excluding carboxylic acids is 2. The summed E-state index contributed by atoms with van der Waals surface area (Å²) >= 11 is 0. The molecule has 0 aliphatic carbocycles. The van der Waals surface area contributed by atoms with Crippen molar-refractivity contribution in [3.8, 4) is 0 Å². The van der Waals surface area contributed by atoms with Crippen molar-refractivity contribution in [1.29, 1.82) is 0 Å². The van der Waals surface area contributed by atoms with E-state index in [9.17, 15) is 0 Å². The van der Waals surface area contributed by atoms with Crippen LogP contribution in [0.4, 0.5) is 0 Å². The van der Waals surface area contributed by atoms with Gasteiger partial charge in [0.25, 0.3) is 0 Å². The van der Waals surface area contributed by atoms with Gasteiger partial charge in [-0.25, -0.2) is 0 Å². The number of nitrogens with zero attached hydrogens (tertiary/aromatic N) is 2. The highest BCUT2D eigenvalue weighted by molar-refractivity contribution is 5.89. The second-order valence-corrected chi connectivity index (χ2v) is 10.2. The first-order valence-corrected chi connectivity index (χ1v) is 12.5. The summed E-state index contributed by atoms with van der Waals surface area (Å²) in [6, 6.07) is 15.7. The van der Waals surface area contributed by atoms with Crippen LogP contribution in [0.3, 0.4) is 0 Å². The molecule has 1 unspecified atom stereocenters. The minimum absolute atomic E-state index is 0.537. The SMILES string of the molecule is C=O.C=O.CC(C)C.CN1CC(c2c[nH]c3ccccc23)[C@H](c2cn3c4c(cccc24)CCC3)C1. The number of aryl methyl sites for hydroxylation is 2. The first-order chi connectivity index (χ1) is 17.0. The summed E-state index contributed by atoms with van der Waals surface area (Å²) in [6.45, 7) is 13.9. The number of aromatic nitrogens is 2. The number of nitrogens with one attached hydrogen (secondary N) is 1. The summed E-state index contributed by atoms with van der Waals surface area (Å²) in [5, 5.41) is 2.87. The van der Waals surface area contributed by atoms with Gasteiger partial charge in [-0.1, -0.05) is 57.2 Å². The maximum absolute atomic E-state index is 8.00. The Hall–Kier alpha value is -3.18. The van der Waals surface area contributed by atoms with Crippen molar-refractivity contribution < 1.29 is 9.59 Å². The van der Waals surface area contributed by atoms with Gasteiger partial charge in [-0.3, -0.25) is 0 Å².